The Balaban J connectivity index is 1.76. The van der Waals surface area contributed by atoms with E-state index in [2.05, 4.69) is 20.9 Å². The highest BCUT2D eigenvalue weighted by molar-refractivity contribution is 6.31. The van der Waals surface area contributed by atoms with Gasteiger partial charge in [0.2, 0.25) is 5.91 Å². The van der Waals surface area contributed by atoms with E-state index >= 15 is 0 Å². The summed E-state index contributed by atoms with van der Waals surface area (Å²) in [5, 5.41) is 11.1. The van der Waals surface area contributed by atoms with Gasteiger partial charge < -0.3 is 14.8 Å². The highest BCUT2D eigenvalue weighted by Crippen LogP contribution is 2.31. The lowest BCUT2D eigenvalue weighted by Gasteiger charge is -2.44. The number of hydrogen-bond donors (Lipinski definition) is 1. The van der Waals surface area contributed by atoms with Crippen LogP contribution in [0.25, 0.3) is 22.3 Å². The van der Waals surface area contributed by atoms with Crippen molar-refractivity contribution in [2.45, 2.75) is 32.9 Å². The van der Waals surface area contributed by atoms with Gasteiger partial charge in [0, 0.05) is 55.4 Å². The summed E-state index contributed by atoms with van der Waals surface area (Å²) in [6.07, 6.45) is 3.45. The molecular formula is C21H21ClN6O. The summed E-state index contributed by atoms with van der Waals surface area (Å²) < 4.78 is 0. The van der Waals surface area contributed by atoms with Crippen molar-refractivity contribution in [2.75, 3.05) is 18.0 Å². The normalized spacial score (nSPS) is 19.4. The number of aromatic nitrogens is 3. The van der Waals surface area contributed by atoms with E-state index in [0.29, 0.717) is 29.5 Å². The Morgan fingerprint density at radius 1 is 1.31 bits per heavy atom. The van der Waals surface area contributed by atoms with Crippen molar-refractivity contribution >= 4 is 34.4 Å². The number of halogens is 1. The number of pyridine rings is 2. The third-order valence-electron chi connectivity index (χ3n) is 5.35. The van der Waals surface area contributed by atoms with Crippen LogP contribution in [-0.2, 0) is 4.79 Å². The molecule has 1 aliphatic rings. The van der Waals surface area contributed by atoms with E-state index in [9.17, 15) is 10.1 Å². The second-order valence-electron chi connectivity index (χ2n) is 7.46. The van der Waals surface area contributed by atoms with Crippen LogP contribution in [0.5, 0.6) is 0 Å². The van der Waals surface area contributed by atoms with Crippen molar-refractivity contribution < 1.29 is 4.79 Å². The summed E-state index contributed by atoms with van der Waals surface area (Å²) in [6, 6.07) is 7.80. The molecule has 0 unspecified atom stereocenters. The number of amides is 1. The molecule has 1 N–H and O–H groups in total. The van der Waals surface area contributed by atoms with Crippen LogP contribution in [0.15, 0.2) is 30.6 Å². The van der Waals surface area contributed by atoms with Crippen molar-refractivity contribution in [3.8, 4) is 17.3 Å². The molecule has 8 heteroatoms. The number of aromatic amines is 1. The third-order valence-corrected chi connectivity index (χ3v) is 5.56. The van der Waals surface area contributed by atoms with Crippen molar-refractivity contribution in [1.82, 2.24) is 19.9 Å². The fraction of sp³-hybridized carbons (Fsp3) is 0.333. The molecular weight excluding hydrogens is 388 g/mol. The standard InChI is InChI=1S/C21H21ClN6O/c1-12-10-27(11-13(2)28(12)14(3)29)21-15(7-23)4-5-19(26-21)18-9-25-20-17(18)6-16(22)8-24-20/h4-6,8-9,12-13H,10-11H2,1-3H3,(H,24,25)/t12-,13+. The highest BCUT2D eigenvalue weighted by atomic mass is 35.5. The summed E-state index contributed by atoms with van der Waals surface area (Å²) in [6.45, 7) is 6.88. The summed E-state index contributed by atoms with van der Waals surface area (Å²) in [7, 11) is 0. The molecule has 0 spiro atoms. The van der Waals surface area contributed by atoms with Gasteiger partial charge in [-0.25, -0.2) is 9.97 Å². The molecule has 3 aromatic heterocycles. The molecule has 1 aliphatic heterocycles. The fourth-order valence-corrected chi connectivity index (χ4v) is 4.39. The molecule has 0 bridgehead atoms. The second kappa shape index (κ2) is 7.37. The minimum absolute atomic E-state index is 0.0318. The Kier molecular flexibility index (Phi) is 4.89. The lowest BCUT2D eigenvalue weighted by atomic mass is 10.1. The Bertz CT molecular complexity index is 1120. The van der Waals surface area contributed by atoms with E-state index in [4.69, 9.17) is 16.6 Å². The van der Waals surface area contributed by atoms with E-state index in [1.165, 1.54) is 0 Å². The molecule has 4 heterocycles. The molecule has 148 valence electrons. The molecule has 1 amide bonds. The number of nitrogens with one attached hydrogen (secondary N) is 1. The Morgan fingerprint density at radius 3 is 2.69 bits per heavy atom. The maximum atomic E-state index is 12.0. The predicted molar refractivity (Wildman–Crippen MR) is 113 cm³/mol. The van der Waals surface area contributed by atoms with E-state index in [0.717, 1.165) is 22.3 Å². The Labute approximate surface area is 173 Å². The number of carbonyl (C=O) groups is 1. The monoisotopic (exact) mass is 408 g/mol. The van der Waals surface area contributed by atoms with Gasteiger partial charge >= 0.3 is 0 Å². The predicted octanol–water partition coefficient (Wildman–Crippen LogP) is 3.60. The van der Waals surface area contributed by atoms with Crippen LogP contribution in [0.1, 0.15) is 26.3 Å². The van der Waals surface area contributed by atoms with E-state index in [-0.39, 0.29) is 18.0 Å². The van der Waals surface area contributed by atoms with Crippen LogP contribution in [0.4, 0.5) is 5.82 Å². The van der Waals surface area contributed by atoms with Crippen molar-refractivity contribution in [3.63, 3.8) is 0 Å². The minimum atomic E-state index is 0.0318. The van der Waals surface area contributed by atoms with Crippen molar-refractivity contribution in [3.05, 3.63) is 41.2 Å². The first-order valence-electron chi connectivity index (χ1n) is 9.47. The number of fused-ring (bicyclic) bond motifs is 1. The van der Waals surface area contributed by atoms with Gasteiger partial charge in [-0.2, -0.15) is 5.26 Å². The van der Waals surface area contributed by atoms with Crippen molar-refractivity contribution in [2.24, 2.45) is 0 Å². The number of anilines is 1. The topological polar surface area (TPSA) is 88.9 Å². The molecule has 4 rings (SSSR count). The van der Waals surface area contributed by atoms with E-state index in [1.54, 1.807) is 19.2 Å². The fourth-order valence-electron chi connectivity index (χ4n) is 4.23. The van der Waals surface area contributed by atoms with Gasteiger partial charge in [-0.15, -0.1) is 0 Å². The van der Waals surface area contributed by atoms with Gasteiger partial charge in [-0.1, -0.05) is 11.6 Å². The first-order chi connectivity index (χ1) is 13.9. The number of nitriles is 1. The number of piperazine rings is 1. The molecule has 0 aromatic carbocycles. The van der Waals surface area contributed by atoms with Crippen LogP contribution >= 0.6 is 11.6 Å². The molecule has 0 saturated carbocycles. The van der Waals surface area contributed by atoms with Crippen molar-refractivity contribution in [1.29, 1.82) is 5.26 Å². The molecule has 3 aromatic rings. The third kappa shape index (κ3) is 3.40. The largest absolute Gasteiger partial charge is 0.351 e. The van der Waals surface area contributed by atoms with Crippen LogP contribution in [0, 0.1) is 11.3 Å². The maximum absolute atomic E-state index is 12.0. The van der Waals surface area contributed by atoms with Crippen LogP contribution in [0.2, 0.25) is 5.02 Å². The number of hydrogen-bond acceptors (Lipinski definition) is 5. The molecule has 1 saturated heterocycles. The van der Waals surface area contributed by atoms with Gasteiger partial charge in [-0.05, 0) is 32.0 Å². The quantitative estimate of drug-likeness (QED) is 0.699. The van der Waals surface area contributed by atoms with Gasteiger partial charge in [0.15, 0.2) is 0 Å². The van der Waals surface area contributed by atoms with E-state index in [1.807, 2.05) is 37.1 Å². The van der Waals surface area contributed by atoms with Gasteiger partial charge in [0.25, 0.3) is 0 Å². The van der Waals surface area contributed by atoms with Crippen LogP contribution in [-0.4, -0.2) is 50.9 Å². The van der Waals surface area contributed by atoms with Gasteiger partial charge in [0.1, 0.15) is 17.5 Å². The zero-order valence-electron chi connectivity index (χ0n) is 16.5. The molecule has 29 heavy (non-hydrogen) atoms. The lowest BCUT2D eigenvalue weighted by molar-refractivity contribution is -0.133. The molecule has 2 atom stereocenters. The maximum Gasteiger partial charge on any atom is 0.220 e. The summed E-state index contributed by atoms with van der Waals surface area (Å²) in [5.74, 6) is 0.700. The van der Waals surface area contributed by atoms with Crippen LogP contribution < -0.4 is 4.90 Å². The number of nitrogens with zero attached hydrogens (tertiary/aromatic N) is 5. The summed E-state index contributed by atoms with van der Waals surface area (Å²) >= 11 is 6.13. The molecule has 1 fully saturated rings. The first kappa shape index (κ1) is 19.2. The number of H-pyrrole nitrogens is 1. The van der Waals surface area contributed by atoms with E-state index < -0.39 is 0 Å². The average Bonchev–Trinajstić information content (AvgIpc) is 3.09. The zero-order chi connectivity index (χ0) is 20.7. The highest BCUT2D eigenvalue weighted by Gasteiger charge is 2.32. The Hall–Kier alpha value is -3.11. The molecule has 7 nitrogen and oxygen atoms in total. The second-order valence-corrected chi connectivity index (χ2v) is 7.90. The lowest BCUT2D eigenvalue weighted by Crippen LogP contribution is -2.58. The SMILES string of the molecule is CC(=O)N1[C@H](C)CN(c2nc(-c3c[nH]c4ncc(Cl)cc34)ccc2C#N)C[C@@H]1C. The minimum Gasteiger partial charge on any atom is -0.351 e. The smallest absolute Gasteiger partial charge is 0.220 e. The summed E-state index contributed by atoms with van der Waals surface area (Å²) in [4.78, 5) is 28.2. The number of carbonyl (C=O) groups excluding carboxylic acids is 1. The van der Waals surface area contributed by atoms with Gasteiger partial charge in [0.05, 0.1) is 16.3 Å². The number of rotatable bonds is 2. The molecule has 0 radical (unpaired) electrons. The van der Waals surface area contributed by atoms with Gasteiger partial charge in [-0.3, -0.25) is 4.79 Å². The summed E-state index contributed by atoms with van der Waals surface area (Å²) in [5.41, 5.74) is 2.86. The molecule has 0 aliphatic carbocycles. The first-order valence-corrected chi connectivity index (χ1v) is 9.85. The zero-order valence-corrected chi connectivity index (χ0v) is 17.2. The Morgan fingerprint density at radius 2 is 2.03 bits per heavy atom. The van der Waals surface area contributed by atoms with Crippen LogP contribution in [0.3, 0.4) is 0 Å². The average molecular weight is 409 g/mol.